The van der Waals surface area contributed by atoms with Crippen molar-refractivity contribution in [1.29, 1.82) is 0 Å². The number of urea groups is 1. The number of carbonyl (C=O) groups excluding carboxylic acids is 2. The first-order valence-corrected chi connectivity index (χ1v) is 17.6. The monoisotopic (exact) mass is 680 g/mol. The van der Waals surface area contributed by atoms with Gasteiger partial charge in [-0.1, -0.05) is 60.1 Å². The van der Waals surface area contributed by atoms with Crippen LogP contribution in [-0.2, 0) is 11.0 Å². The SMILES string of the molecule is O=C(NCC(CCCN1CCC(O)(c2ccc(Cl)cc2)CC1)(c1ccccc1)c1ccccn1)NC1CCN(C(=O)c2ccncc2)CC1. The molecule has 3 amide bonds. The number of halogens is 1. The standard InChI is InChI=1S/C39H45ClN6O3/c40-33-12-10-32(11-13-33)39(49)19-27-45(28-20-39)24-6-18-38(31-7-2-1-3-8-31,35-9-4-5-21-42-35)29-43-37(48)44-34-16-25-46(26-17-34)36(47)30-14-22-41-23-15-30/h1-5,7-15,21-23,34,49H,6,16-20,24-29H2,(H2,43,44,48). The van der Waals surface area contributed by atoms with Crippen molar-refractivity contribution in [2.24, 2.45) is 0 Å². The van der Waals surface area contributed by atoms with Gasteiger partial charge < -0.3 is 25.5 Å². The lowest BCUT2D eigenvalue weighted by atomic mass is 9.73. The van der Waals surface area contributed by atoms with Crippen LogP contribution in [0.4, 0.5) is 4.79 Å². The smallest absolute Gasteiger partial charge is 0.315 e. The van der Waals surface area contributed by atoms with E-state index in [0.717, 1.165) is 49.3 Å². The number of pyridine rings is 2. The highest BCUT2D eigenvalue weighted by Crippen LogP contribution is 2.37. The molecule has 4 aromatic rings. The number of piperidine rings is 2. The molecule has 6 rings (SSSR count). The Balaban J connectivity index is 1.08. The summed E-state index contributed by atoms with van der Waals surface area (Å²) in [5, 5.41) is 18.4. The highest BCUT2D eigenvalue weighted by atomic mass is 35.5. The molecule has 49 heavy (non-hydrogen) atoms. The highest BCUT2D eigenvalue weighted by molar-refractivity contribution is 6.30. The van der Waals surface area contributed by atoms with Gasteiger partial charge in [-0.25, -0.2) is 4.79 Å². The molecule has 1 unspecified atom stereocenters. The second-order valence-electron chi connectivity index (χ2n) is 13.3. The highest BCUT2D eigenvalue weighted by Gasteiger charge is 2.38. The predicted octanol–water partition coefficient (Wildman–Crippen LogP) is 5.78. The number of benzene rings is 2. The molecule has 2 aromatic carbocycles. The molecular weight excluding hydrogens is 636 g/mol. The minimum absolute atomic E-state index is 0.00454. The molecule has 2 saturated heterocycles. The van der Waals surface area contributed by atoms with Crippen LogP contribution in [-0.4, -0.2) is 82.1 Å². The first-order valence-electron chi connectivity index (χ1n) is 17.3. The molecule has 0 radical (unpaired) electrons. The van der Waals surface area contributed by atoms with Crippen molar-refractivity contribution in [1.82, 2.24) is 30.4 Å². The second-order valence-corrected chi connectivity index (χ2v) is 13.7. The van der Waals surface area contributed by atoms with Crippen LogP contribution in [0, 0.1) is 0 Å². The Labute approximate surface area is 293 Å². The van der Waals surface area contributed by atoms with E-state index in [2.05, 4.69) is 38.7 Å². The van der Waals surface area contributed by atoms with Crippen LogP contribution < -0.4 is 10.6 Å². The molecule has 3 N–H and O–H groups in total. The number of aromatic nitrogens is 2. The molecule has 10 heteroatoms. The van der Waals surface area contributed by atoms with Crippen LogP contribution in [0.3, 0.4) is 0 Å². The number of hydrogen-bond acceptors (Lipinski definition) is 6. The number of carbonyl (C=O) groups is 2. The summed E-state index contributed by atoms with van der Waals surface area (Å²) in [4.78, 5) is 39.4. The van der Waals surface area contributed by atoms with Crippen LogP contribution in [0.5, 0.6) is 0 Å². The molecule has 2 aliphatic rings. The van der Waals surface area contributed by atoms with Gasteiger partial charge in [0, 0.05) is 67.9 Å². The van der Waals surface area contributed by atoms with Gasteiger partial charge in [0.15, 0.2) is 0 Å². The van der Waals surface area contributed by atoms with Gasteiger partial charge in [0.2, 0.25) is 0 Å². The average molecular weight is 681 g/mol. The van der Waals surface area contributed by atoms with Crippen molar-refractivity contribution >= 4 is 23.5 Å². The van der Waals surface area contributed by atoms with Crippen LogP contribution in [0.25, 0.3) is 0 Å². The molecule has 1 atom stereocenters. The Morgan fingerprint density at radius 2 is 1.57 bits per heavy atom. The van der Waals surface area contributed by atoms with Crippen molar-refractivity contribution < 1.29 is 14.7 Å². The molecule has 2 fully saturated rings. The van der Waals surface area contributed by atoms with Crippen molar-refractivity contribution in [3.05, 3.63) is 131 Å². The molecule has 0 bridgehead atoms. The lowest BCUT2D eigenvalue weighted by Crippen LogP contribution is -2.51. The van der Waals surface area contributed by atoms with E-state index in [4.69, 9.17) is 16.6 Å². The number of nitrogens with zero attached hydrogens (tertiary/aromatic N) is 4. The molecule has 0 spiro atoms. The van der Waals surface area contributed by atoms with Gasteiger partial charge in [-0.15, -0.1) is 0 Å². The van der Waals surface area contributed by atoms with E-state index in [9.17, 15) is 14.7 Å². The van der Waals surface area contributed by atoms with Crippen molar-refractivity contribution in [3.63, 3.8) is 0 Å². The van der Waals surface area contributed by atoms with Gasteiger partial charge in [-0.3, -0.25) is 14.8 Å². The molecular formula is C39H45ClN6O3. The third-order valence-corrected chi connectivity index (χ3v) is 10.5. The largest absolute Gasteiger partial charge is 0.385 e. The minimum atomic E-state index is -0.841. The molecule has 2 aliphatic heterocycles. The first kappa shape index (κ1) is 34.5. The predicted molar refractivity (Wildman–Crippen MR) is 191 cm³/mol. The number of aliphatic hydroxyl groups is 1. The summed E-state index contributed by atoms with van der Waals surface area (Å²) in [6.07, 6.45) is 9.45. The normalized spacial score (nSPS) is 18.0. The Kier molecular flexibility index (Phi) is 11.2. The number of nitrogens with one attached hydrogen (secondary N) is 2. The van der Waals surface area contributed by atoms with Gasteiger partial charge in [0.05, 0.1) is 16.7 Å². The number of likely N-dealkylation sites (tertiary alicyclic amines) is 2. The summed E-state index contributed by atoms with van der Waals surface area (Å²) < 4.78 is 0. The fraction of sp³-hybridized carbons (Fsp3) is 0.385. The first-order chi connectivity index (χ1) is 23.8. The van der Waals surface area contributed by atoms with Crippen molar-refractivity contribution in [2.45, 2.75) is 55.6 Å². The Morgan fingerprint density at radius 3 is 2.24 bits per heavy atom. The topological polar surface area (TPSA) is 111 Å². The van der Waals surface area contributed by atoms with E-state index in [0.29, 0.717) is 55.9 Å². The number of amides is 3. The van der Waals surface area contributed by atoms with Gasteiger partial charge >= 0.3 is 6.03 Å². The summed E-state index contributed by atoms with van der Waals surface area (Å²) in [7, 11) is 0. The van der Waals surface area contributed by atoms with Crippen molar-refractivity contribution in [3.8, 4) is 0 Å². The van der Waals surface area contributed by atoms with Crippen LogP contribution in [0.2, 0.25) is 5.02 Å². The van der Waals surface area contributed by atoms with Crippen LogP contribution in [0.1, 0.15) is 65.7 Å². The van der Waals surface area contributed by atoms with E-state index in [1.165, 1.54) is 0 Å². The van der Waals surface area contributed by atoms with Crippen LogP contribution >= 0.6 is 11.6 Å². The average Bonchev–Trinajstić information content (AvgIpc) is 3.15. The molecule has 0 aliphatic carbocycles. The lowest BCUT2D eigenvalue weighted by molar-refractivity contribution is -0.0262. The quantitative estimate of drug-likeness (QED) is 0.185. The van der Waals surface area contributed by atoms with E-state index in [1.807, 2.05) is 65.7 Å². The van der Waals surface area contributed by atoms with Crippen LogP contribution in [0.15, 0.2) is 104 Å². The fourth-order valence-corrected chi connectivity index (χ4v) is 7.40. The molecule has 256 valence electrons. The number of hydrogen-bond donors (Lipinski definition) is 3. The number of rotatable bonds is 11. The zero-order valence-corrected chi connectivity index (χ0v) is 28.6. The minimum Gasteiger partial charge on any atom is -0.385 e. The van der Waals surface area contributed by atoms with E-state index in [1.54, 1.807) is 24.5 Å². The molecule has 9 nitrogen and oxygen atoms in total. The Bertz CT molecular complexity index is 1600. The summed E-state index contributed by atoms with van der Waals surface area (Å²) >= 11 is 6.08. The van der Waals surface area contributed by atoms with E-state index < -0.39 is 11.0 Å². The van der Waals surface area contributed by atoms with Gasteiger partial charge in [-0.05, 0) is 92.6 Å². The van der Waals surface area contributed by atoms with Gasteiger partial charge in [0.1, 0.15) is 0 Å². The van der Waals surface area contributed by atoms with Gasteiger partial charge in [0.25, 0.3) is 5.91 Å². The fourth-order valence-electron chi connectivity index (χ4n) is 7.28. The molecule has 0 saturated carbocycles. The van der Waals surface area contributed by atoms with Crippen molar-refractivity contribution in [2.75, 3.05) is 39.3 Å². The van der Waals surface area contributed by atoms with Gasteiger partial charge in [-0.2, -0.15) is 0 Å². The van der Waals surface area contributed by atoms with E-state index >= 15 is 0 Å². The third kappa shape index (κ3) is 8.47. The zero-order valence-electron chi connectivity index (χ0n) is 27.8. The maximum atomic E-state index is 13.4. The van der Waals surface area contributed by atoms with E-state index in [-0.39, 0.29) is 18.0 Å². The summed E-state index contributed by atoms with van der Waals surface area (Å²) in [5.41, 5.74) is 2.19. The molecule has 2 aromatic heterocycles. The zero-order chi connectivity index (χ0) is 34.1. The summed E-state index contributed by atoms with van der Waals surface area (Å²) in [6, 6.07) is 27.1. The maximum absolute atomic E-state index is 13.4. The third-order valence-electron chi connectivity index (χ3n) is 10.2. The summed E-state index contributed by atoms with van der Waals surface area (Å²) in [6.45, 7) is 4.03. The second kappa shape index (κ2) is 15.9. The maximum Gasteiger partial charge on any atom is 0.315 e. The Morgan fingerprint density at radius 1 is 0.878 bits per heavy atom. The lowest BCUT2D eigenvalue weighted by Gasteiger charge is -2.39. The Hall–Kier alpha value is -4.31. The molecule has 4 heterocycles. The summed E-state index contributed by atoms with van der Waals surface area (Å²) in [5.74, 6) is -0.00454.